The Morgan fingerprint density at radius 2 is 2.00 bits per heavy atom. The van der Waals surface area contributed by atoms with Crippen molar-refractivity contribution in [2.24, 2.45) is 0 Å². The van der Waals surface area contributed by atoms with Crippen molar-refractivity contribution in [3.8, 4) is 0 Å². The highest BCUT2D eigenvalue weighted by atomic mass is 32.2. The lowest BCUT2D eigenvalue weighted by atomic mass is 10.3. The number of rotatable bonds is 9. The molecule has 5 nitrogen and oxygen atoms in total. The minimum Gasteiger partial charge on any atom is -0.349 e. The van der Waals surface area contributed by atoms with Gasteiger partial charge in [0.1, 0.15) is 4.90 Å². The monoisotopic (exact) mass is 301 g/mol. The molecule has 0 spiro atoms. The highest BCUT2D eigenvalue weighted by Gasteiger charge is 2.22. The average Bonchev–Trinajstić information content (AvgIpc) is 2.81. The van der Waals surface area contributed by atoms with E-state index in [9.17, 15) is 8.42 Å². The van der Waals surface area contributed by atoms with E-state index in [4.69, 9.17) is 0 Å². The third kappa shape index (κ3) is 4.07. The summed E-state index contributed by atoms with van der Waals surface area (Å²) >= 11 is 0. The third-order valence-electron chi connectivity index (χ3n) is 3.32. The zero-order chi connectivity index (χ0) is 15.2. The van der Waals surface area contributed by atoms with Crippen molar-refractivity contribution in [2.45, 2.75) is 51.1 Å². The number of sulfonamides is 1. The van der Waals surface area contributed by atoms with Crippen LogP contribution in [0.2, 0.25) is 0 Å². The summed E-state index contributed by atoms with van der Waals surface area (Å²) in [5, 5.41) is 3.08. The number of hydrogen-bond donors (Lipinski definition) is 1. The minimum atomic E-state index is -3.36. The fourth-order valence-electron chi connectivity index (χ4n) is 2.13. The molecule has 0 aliphatic heterocycles. The van der Waals surface area contributed by atoms with Crippen LogP contribution in [0, 0.1) is 0 Å². The first-order valence-corrected chi connectivity index (χ1v) is 8.71. The van der Waals surface area contributed by atoms with E-state index in [1.54, 1.807) is 19.3 Å². The summed E-state index contributed by atoms with van der Waals surface area (Å²) in [6.45, 7) is 6.23. The van der Waals surface area contributed by atoms with Gasteiger partial charge in [-0.05, 0) is 26.0 Å². The molecule has 1 N–H and O–H groups in total. The molecule has 0 aromatic carbocycles. The van der Waals surface area contributed by atoms with Crippen molar-refractivity contribution in [2.75, 3.05) is 20.6 Å². The molecule has 20 heavy (non-hydrogen) atoms. The molecule has 0 aliphatic rings. The van der Waals surface area contributed by atoms with Gasteiger partial charge in [-0.1, -0.05) is 20.3 Å². The molecule has 0 amide bonds. The second-order valence-corrected chi connectivity index (χ2v) is 7.12. The van der Waals surface area contributed by atoms with Crippen LogP contribution >= 0.6 is 0 Å². The smallest absolute Gasteiger partial charge is 0.244 e. The van der Waals surface area contributed by atoms with Gasteiger partial charge in [-0.2, -0.15) is 0 Å². The maximum atomic E-state index is 12.5. The number of hydrogen-bond acceptors (Lipinski definition) is 3. The molecule has 0 bridgehead atoms. The van der Waals surface area contributed by atoms with Crippen molar-refractivity contribution in [3.63, 3.8) is 0 Å². The molecule has 0 unspecified atom stereocenters. The number of nitrogens with one attached hydrogen (secondary N) is 1. The molecule has 6 heteroatoms. The Morgan fingerprint density at radius 1 is 1.30 bits per heavy atom. The van der Waals surface area contributed by atoms with Gasteiger partial charge in [0.25, 0.3) is 0 Å². The lowest BCUT2D eigenvalue weighted by molar-refractivity contribution is 0.459. The molecule has 0 fully saturated rings. The number of unbranched alkanes of at least 4 members (excludes halogenated alkanes) is 1. The lowest BCUT2D eigenvalue weighted by Gasteiger charge is -2.15. The Morgan fingerprint density at radius 3 is 2.55 bits per heavy atom. The molecule has 0 atom stereocenters. The van der Waals surface area contributed by atoms with E-state index < -0.39 is 10.0 Å². The fourth-order valence-corrected chi connectivity index (χ4v) is 3.40. The molecule has 0 aliphatic carbocycles. The average molecular weight is 301 g/mol. The van der Waals surface area contributed by atoms with Crippen LogP contribution in [0.3, 0.4) is 0 Å². The van der Waals surface area contributed by atoms with E-state index in [-0.39, 0.29) is 0 Å². The minimum absolute atomic E-state index is 0.398. The standard InChI is InChI=1S/C14H27N3O2S/c1-5-7-9-16(4)20(18,19)14-10-13(11-15-3)17(12-14)8-6-2/h10,12,15H,5-9,11H2,1-4H3. The Bertz CT molecular complexity index is 485. The topological polar surface area (TPSA) is 54.3 Å². The van der Waals surface area contributed by atoms with E-state index >= 15 is 0 Å². The van der Waals surface area contributed by atoms with Crippen LogP contribution in [0.4, 0.5) is 0 Å². The van der Waals surface area contributed by atoms with Gasteiger partial charge >= 0.3 is 0 Å². The third-order valence-corrected chi connectivity index (χ3v) is 5.14. The highest BCUT2D eigenvalue weighted by molar-refractivity contribution is 7.89. The summed E-state index contributed by atoms with van der Waals surface area (Å²) in [6.07, 6.45) is 4.61. The van der Waals surface area contributed by atoms with Crippen LogP contribution in [0.15, 0.2) is 17.2 Å². The maximum absolute atomic E-state index is 12.5. The molecule has 116 valence electrons. The Balaban J connectivity index is 3.02. The summed E-state index contributed by atoms with van der Waals surface area (Å²) in [7, 11) is 0.154. The fraction of sp³-hybridized carbons (Fsp3) is 0.714. The van der Waals surface area contributed by atoms with Gasteiger partial charge in [-0.25, -0.2) is 12.7 Å². The summed E-state index contributed by atoms with van der Waals surface area (Å²) in [4.78, 5) is 0.398. The molecule has 1 aromatic rings. The lowest BCUT2D eigenvalue weighted by Crippen LogP contribution is -2.27. The van der Waals surface area contributed by atoms with Gasteiger partial charge in [0.05, 0.1) is 0 Å². The van der Waals surface area contributed by atoms with Crippen LogP contribution in [0.1, 0.15) is 38.8 Å². The first kappa shape index (κ1) is 17.2. The number of aryl methyl sites for hydroxylation is 1. The predicted molar refractivity (Wildman–Crippen MR) is 82.2 cm³/mol. The number of nitrogens with zero attached hydrogens (tertiary/aromatic N) is 2. The van der Waals surface area contributed by atoms with Gasteiger partial charge < -0.3 is 9.88 Å². The summed E-state index contributed by atoms with van der Waals surface area (Å²) in [5.74, 6) is 0. The van der Waals surface area contributed by atoms with E-state index in [0.29, 0.717) is 18.0 Å². The van der Waals surface area contributed by atoms with Crippen LogP contribution in [0.25, 0.3) is 0 Å². The van der Waals surface area contributed by atoms with Crippen molar-refractivity contribution in [3.05, 3.63) is 18.0 Å². The quantitative estimate of drug-likeness (QED) is 0.759. The molecule has 1 aromatic heterocycles. The highest BCUT2D eigenvalue weighted by Crippen LogP contribution is 2.19. The zero-order valence-corrected chi connectivity index (χ0v) is 13.8. The summed E-state index contributed by atoms with van der Waals surface area (Å²) < 4.78 is 28.5. The molecule has 0 saturated carbocycles. The van der Waals surface area contributed by atoms with E-state index in [1.165, 1.54) is 4.31 Å². The summed E-state index contributed by atoms with van der Waals surface area (Å²) in [5.41, 5.74) is 1.01. The first-order valence-electron chi connectivity index (χ1n) is 7.27. The van der Waals surface area contributed by atoms with E-state index in [1.807, 2.05) is 11.6 Å². The maximum Gasteiger partial charge on any atom is 0.244 e. The van der Waals surface area contributed by atoms with Crippen LogP contribution in [0.5, 0.6) is 0 Å². The van der Waals surface area contributed by atoms with Crippen molar-refractivity contribution in [1.29, 1.82) is 0 Å². The summed E-state index contributed by atoms with van der Waals surface area (Å²) in [6, 6.07) is 1.78. The van der Waals surface area contributed by atoms with Crippen LogP contribution in [-0.4, -0.2) is 37.9 Å². The van der Waals surface area contributed by atoms with Crippen molar-refractivity contribution >= 4 is 10.0 Å². The number of aromatic nitrogens is 1. The van der Waals surface area contributed by atoms with Crippen LogP contribution in [-0.2, 0) is 23.1 Å². The molecular formula is C14H27N3O2S. The predicted octanol–water partition coefficient (Wildman–Crippen LogP) is 2.04. The normalized spacial score (nSPS) is 12.2. The van der Waals surface area contributed by atoms with Gasteiger partial charge in [0.15, 0.2) is 0 Å². The van der Waals surface area contributed by atoms with E-state index in [2.05, 4.69) is 19.2 Å². The molecule has 0 saturated heterocycles. The Labute approximate surface area is 123 Å². The zero-order valence-electron chi connectivity index (χ0n) is 13.0. The SMILES string of the molecule is CCCCN(C)S(=O)(=O)c1cc(CNC)n(CCC)c1. The first-order chi connectivity index (χ1) is 9.47. The molecule has 1 heterocycles. The van der Waals surface area contributed by atoms with Gasteiger partial charge in [0, 0.05) is 38.6 Å². The van der Waals surface area contributed by atoms with Crippen molar-refractivity contribution < 1.29 is 8.42 Å². The largest absolute Gasteiger partial charge is 0.349 e. The van der Waals surface area contributed by atoms with Crippen molar-refractivity contribution in [1.82, 2.24) is 14.2 Å². The van der Waals surface area contributed by atoms with E-state index in [0.717, 1.165) is 31.5 Å². The van der Waals surface area contributed by atoms with Gasteiger partial charge in [0.2, 0.25) is 10.0 Å². The van der Waals surface area contributed by atoms with Gasteiger partial charge in [-0.15, -0.1) is 0 Å². The molecule has 1 rings (SSSR count). The second-order valence-electron chi connectivity index (χ2n) is 5.07. The second kappa shape index (κ2) is 7.81. The Kier molecular flexibility index (Phi) is 6.71. The Hall–Kier alpha value is -0.850. The van der Waals surface area contributed by atoms with Crippen LogP contribution < -0.4 is 5.32 Å². The van der Waals surface area contributed by atoms with Gasteiger partial charge in [-0.3, -0.25) is 0 Å². The molecule has 0 radical (unpaired) electrons. The molecular weight excluding hydrogens is 274 g/mol.